The van der Waals surface area contributed by atoms with Crippen LogP contribution in [0.5, 0.6) is 0 Å². The van der Waals surface area contributed by atoms with Crippen molar-refractivity contribution < 1.29 is 66.8 Å². The van der Waals surface area contributed by atoms with Crippen LogP contribution in [0.15, 0.2) is 0 Å². The van der Waals surface area contributed by atoms with E-state index in [0.717, 1.165) is 25.9 Å². The first-order valence-electron chi connectivity index (χ1n) is 16.6. The summed E-state index contributed by atoms with van der Waals surface area (Å²) >= 11 is 0. The Kier molecular flexibility index (Phi) is 32.2. The molecule has 0 saturated carbocycles. The van der Waals surface area contributed by atoms with Crippen molar-refractivity contribution in [3.05, 3.63) is 0 Å². The highest BCUT2D eigenvalue weighted by atomic mass is 16.6. The van der Waals surface area contributed by atoms with Gasteiger partial charge in [0.25, 0.3) is 0 Å². The molecule has 0 bridgehead atoms. The van der Waals surface area contributed by atoms with Crippen molar-refractivity contribution in [3.63, 3.8) is 0 Å². The number of carbonyl (C=O) groups is 2. The van der Waals surface area contributed by atoms with Crippen LogP contribution in [0.1, 0.15) is 38.5 Å². The number of unbranched alkanes of at least 4 members (excludes halogenated alkanes) is 1. The normalized spacial score (nSPS) is 13.7. The summed E-state index contributed by atoms with van der Waals surface area (Å²) in [5.41, 5.74) is 0. The maximum atomic E-state index is 11.5. The summed E-state index contributed by atoms with van der Waals surface area (Å²) in [6.07, 6.45) is 3.75. The quantitative estimate of drug-likeness (QED) is 0.0718. The minimum atomic E-state index is -0.861. The Morgan fingerprint density at radius 1 is 0.478 bits per heavy atom. The fraction of sp³-hybridized carbons (Fsp3) is 0.935. The van der Waals surface area contributed by atoms with E-state index in [-0.39, 0.29) is 32.0 Å². The molecule has 0 aromatic heterocycles. The van der Waals surface area contributed by atoms with Crippen molar-refractivity contribution in [2.24, 2.45) is 0 Å². The van der Waals surface area contributed by atoms with Crippen LogP contribution in [0.4, 0.5) is 0 Å². The minimum Gasteiger partial charge on any atom is -0.481 e. The van der Waals surface area contributed by atoms with Crippen molar-refractivity contribution in [2.45, 2.75) is 44.6 Å². The number of rotatable bonds is 36. The first kappa shape index (κ1) is 42.5. The van der Waals surface area contributed by atoms with Crippen LogP contribution in [0.3, 0.4) is 0 Å². The van der Waals surface area contributed by atoms with Crippen LogP contribution in [0.2, 0.25) is 0 Å². The molecule has 0 atom stereocenters. The maximum Gasteiger partial charge on any atom is 0.305 e. The maximum absolute atomic E-state index is 11.5. The SMILES string of the molecule is O=C(O)CCCCC(=O)OCCOCCOCCOCCOCCOCCOCCOCCOCCOCCOC1CCNCC1. The molecule has 46 heavy (non-hydrogen) atoms. The van der Waals surface area contributed by atoms with Gasteiger partial charge in [0.15, 0.2) is 0 Å². The molecule has 0 aromatic rings. The Bertz CT molecular complexity index is 669. The first-order valence-corrected chi connectivity index (χ1v) is 16.6. The molecule has 1 saturated heterocycles. The molecule has 0 aromatic carbocycles. The Balaban J connectivity index is 1.63. The Hall–Kier alpha value is -1.50. The largest absolute Gasteiger partial charge is 0.481 e. The van der Waals surface area contributed by atoms with Crippen molar-refractivity contribution in [2.75, 3.05) is 145 Å². The van der Waals surface area contributed by atoms with Crippen LogP contribution < -0.4 is 5.32 Å². The molecule has 0 aliphatic carbocycles. The number of esters is 1. The van der Waals surface area contributed by atoms with Gasteiger partial charge in [-0.25, -0.2) is 0 Å². The molecule has 1 fully saturated rings. The fourth-order valence-corrected chi connectivity index (χ4v) is 3.93. The molecular formula is C31H59NO14. The second-order valence-corrected chi connectivity index (χ2v) is 10.2. The first-order chi connectivity index (χ1) is 22.7. The van der Waals surface area contributed by atoms with Crippen LogP contribution in [-0.4, -0.2) is 168 Å². The number of hydrogen-bond acceptors (Lipinski definition) is 14. The average molecular weight is 670 g/mol. The van der Waals surface area contributed by atoms with Gasteiger partial charge < -0.3 is 62.5 Å². The van der Waals surface area contributed by atoms with E-state index in [1.807, 2.05) is 0 Å². The van der Waals surface area contributed by atoms with E-state index in [9.17, 15) is 9.59 Å². The number of carbonyl (C=O) groups excluding carboxylic acids is 1. The molecule has 0 radical (unpaired) electrons. The highest BCUT2D eigenvalue weighted by Gasteiger charge is 2.12. The number of ether oxygens (including phenoxy) is 11. The Morgan fingerprint density at radius 3 is 1.17 bits per heavy atom. The van der Waals surface area contributed by atoms with Crippen molar-refractivity contribution in [1.82, 2.24) is 5.32 Å². The molecule has 15 nitrogen and oxygen atoms in total. The predicted octanol–water partition coefficient (Wildman–Crippen LogP) is 1.09. The molecule has 1 aliphatic rings. The van der Waals surface area contributed by atoms with Gasteiger partial charge in [-0.3, -0.25) is 9.59 Å². The van der Waals surface area contributed by atoms with Gasteiger partial charge >= 0.3 is 11.9 Å². The monoisotopic (exact) mass is 669 g/mol. The summed E-state index contributed by atoms with van der Waals surface area (Å²) in [5.74, 6) is -1.21. The van der Waals surface area contributed by atoms with E-state index in [0.29, 0.717) is 138 Å². The lowest BCUT2D eigenvalue weighted by molar-refractivity contribution is -0.146. The van der Waals surface area contributed by atoms with Crippen LogP contribution in [0.25, 0.3) is 0 Å². The summed E-state index contributed by atoms with van der Waals surface area (Å²) < 4.78 is 59.9. The molecule has 1 heterocycles. The summed E-state index contributed by atoms with van der Waals surface area (Å²) in [6.45, 7) is 11.5. The molecule has 0 amide bonds. The lowest BCUT2D eigenvalue weighted by Gasteiger charge is -2.22. The van der Waals surface area contributed by atoms with Crippen molar-refractivity contribution >= 4 is 11.9 Å². The summed E-state index contributed by atoms with van der Waals surface area (Å²) in [4.78, 5) is 21.9. The fourth-order valence-electron chi connectivity index (χ4n) is 3.93. The number of piperidine rings is 1. The zero-order valence-electron chi connectivity index (χ0n) is 27.6. The molecule has 0 spiro atoms. The highest BCUT2D eigenvalue weighted by molar-refractivity contribution is 5.69. The van der Waals surface area contributed by atoms with Crippen LogP contribution >= 0.6 is 0 Å². The average Bonchev–Trinajstić information content (AvgIpc) is 3.06. The lowest BCUT2D eigenvalue weighted by atomic mass is 10.1. The second-order valence-electron chi connectivity index (χ2n) is 10.2. The smallest absolute Gasteiger partial charge is 0.305 e. The van der Waals surface area contributed by atoms with Gasteiger partial charge in [0.2, 0.25) is 0 Å². The third-order valence-corrected chi connectivity index (χ3v) is 6.36. The van der Waals surface area contributed by atoms with Gasteiger partial charge in [0.05, 0.1) is 132 Å². The van der Waals surface area contributed by atoms with Crippen LogP contribution in [0, 0.1) is 0 Å². The van der Waals surface area contributed by atoms with Gasteiger partial charge in [0, 0.05) is 12.8 Å². The van der Waals surface area contributed by atoms with Crippen LogP contribution in [-0.2, 0) is 61.7 Å². The zero-order valence-corrected chi connectivity index (χ0v) is 27.6. The Labute approximate surface area is 274 Å². The van der Waals surface area contributed by atoms with Crippen molar-refractivity contribution in [3.8, 4) is 0 Å². The lowest BCUT2D eigenvalue weighted by Crippen LogP contribution is -2.33. The summed E-state index contributed by atoms with van der Waals surface area (Å²) in [5, 5.41) is 11.9. The third-order valence-electron chi connectivity index (χ3n) is 6.36. The number of nitrogens with one attached hydrogen (secondary N) is 1. The van der Waals surface area contributed by atoms with Gasteiger partial charge in [-0.1, -0.05) is 0 Å². The van der Waals surface area contributed by atoms with E-state index in [1.54, 1.807) is 0 Å². The molecule has 2 N–H and O–H groups in total. The standard InChI is InChI=1S/C31H59NO14/c33-30(34)3-1-2-4-31(35)46-28-26-44-24-22-42-20-18-40-16-14-38-12-10-36-9-11-37-13-15-39-17-19-41-21-23-43-25-27-45-29-5-7-32-8-6-29/h29,32H,1-28H2,(H,33,34). The summed E-state index contributed by atoms with van der Waals surface area (Å²) in [7, 11) is 0. The second kappa shape index (κ2) is 34.8. The number of hydrogen-bond donors (Lipinski definition) is 2. The molecule has 0 unspecified atom stereocenters. The molecule has 15 heteroatoms. The molecule has 272 valence electrons. The van der Waals surface area contributed by atoms with E-state index < -0.39 is 5.97 Å². The zero-order chi connectivity index (χ0) is 33.0. The van der Waals surface area contributed by atoms with Gasteiger partial charge in [-0.15, -0.1) is 0 Å². The van der Waals surface area contributed by atoms with E-state index in [1.165, 1.54) is 0 Å². The predicted molar refractivity (Wildman–Crippen MR) is 166 cm³/mol. The number of carboxylic acid groups (broad SMARTS) is 1. The van der Waals surface area contributed by atoms with Gasteiger partial charge in [-0.2, -0.15) is 0 Å². The van der Waals surface area contributed by atoms with Gasteiger partial charge in [0.1, 0.15) is 6.61 Å². The van der Waals surface area contributed by atoms with E-state index >= 15 is 0 Å². The molecule has 1 aliphatic heterocycles. The van der Waals surface area contributed by atoms with E-state index in [2.05, 4.69) is 5.32 Å². The minimum absolute atomic E-state index is 0.0617. The van der Waals surface area contributed by atoms with Gasteiger partial charge in [-0.05, 0) is 38.8 Å². The third kappa shape index (κ3) is 32.4. The molecule has 1 rings (SSSR count). The van der Waals surface area contributed by atoms with Crippen molar-refractivity contribution in [1.29, 1.82) is 0 Å². The highest BCUT2D eigenvalue weighted by Crippen LogP contribution is 2.06. The number of aliphatic carboxylic acids is 1. The number of carboxylic acids is 1. The Morgan fingerprint density at radius 2 is 0.804 bits per heavy atom. The van der Waals surface area contributed by atoms with E-state index in [4.69, 9.17) is 57.2 Å². The topological polar surface area (TPSA) is 168 Å². The molecular weight excluding hydrogens is 610 g/mol. The summed E-state index contributed by atoms with van der Waals surface area (Å²) in [6, 6.07) is 0.